The van der Waals surface area contributed by atoms with Gasteiger partial charge in [-0.05, 0) is 49.0 Å². The molecule has 0 aromatic heterocycles. The van der Waals surface area contributed by atoms with Crippen molar-refractivity contribution in [3.05, 3.63) is 36.0 Å². The van der Waals surface area contributed by atoms with Gasteiger partial charge in [-0.25, -0.2) is 0 Å². The first-order valence-corrected chi connectivity index (χ1v) is 8.29. The Hall–Kier alpha value is -0.780. The van der Waals surface area contributed by atoms with Gasteiger partial charge < -0.3 is 0 Å². The second-order valence-electron chi connectivity index (χ2n) is 6.58. The fourth-order valence-corrected chi connectivity index (χ4v) is 3.58. The van der Waals surface area contributed by atoms with Crippen LogP contribution < -0.4 is 0 Å². The molecule has 2 aliphatic carbocycles. The maximum Gasteiger partial charge on any atom is -0.0163 e. The number of rotatable bonds is 6. The van der Waals surface area contributed by atoms with Crippen molar-refractivity contribution >= 4 is 0 Å². The Bertz CT molecular complexity index is 345. The Morgan fingerprint density at radius 1 is 1.05 bits per heavy atom. The van der Waals surface area contributed by atoms with Crippen LogP contribution in [-0.4, -0.2) is 0 Å². The first-order chi connectivity index (χ1) is 9.27. The van der Waals surface area contributed by atoms with E-state index >= 15 is 0 Å². The zero-order valence-electron chi connectivity index (χ0n) is 12.8. The first kappa shape index (κ1) is 14.6. The second-order valence-corrected chi connectivity index (χ2v) is 6.58. The molecule has 0 amide bonds. The highest BCUT2D eigenvalue weighted by atomic mass is 14.3. The van der Waals surface area contributed by atoms with Crippen molar-refractivity contribution in [2.45, 2.75) is 65.2 Å². The van der Waals surface area contributed by atoms with Crippen molar-refractivity contribution in [1.82, 2.24) is 0 Å². The summed E-state index contributed by atoms with van der Waals surface area (Å²) >= 11 is 0. The van der Waals surface area contributed by atoms with Gasteiger partial charge in [0.25, 0.3) is 0 Å². The summed E-state index contributed by atoms with van der Waals surface area (Å²) in [5, 5.41) is 0. The van der Waals surface area contributed by atoms with Gasteiger partial charge in [0.1, 0.15) is 0 Å². The van der Waals surface area contributed by atoms with Crippen LogP contribution in [0.15, 0.2) is 36.0 Å². The van der Waals surface area contributed by atoms with Crippen molar-refractivity contribution in [2.75, 3.05) is 0 Å². The zero-order chi connectivity index (χ0) is 13.5. The summed E-state index contributed by atoms with van der Waals surface area (Å²) in [4.78, 5) is 0. The van der Waals surface area contributed by atoms with Crippen LogP contribution in [0, 0.1) is 17.8 Å². The molecule has 0 aromatic rings. The Kier molecular flexibility index (Phi) is 5.94. The predicted molar refractivity (Wildman–Crippen MR) is 85.1 cm³/mol. The monoisotopic (exact) mass is 258 g/mol. The quantitative estimate of drug-likeness (QED) is 0.508. The lowest BCUT2D eigenvalue weighted by Crippen LogP contribution is -2.08. The highest BCUT2D eigenvalue weighted by molar-refractivity contribution is 5.27. The van der Waals surface area contributed by atoms with Gasteiger partial charge in [-0.1, -0.05) is 69.9 Å². The van der Waals surface area contributed by atoms with Crippen LogP contribution in [-0.2, 0) is 0 Å². The summed E-state index contributed by atoms with van der Waals surface area (Å²) in [6.45, 7) is 4.90. The van der Waals surface area contributed by atoms with Crippen molar-refractivity contribution in [3.63, 3.8) is 0 Å². The minimum Gasteiger partial charge on any atom is -0.0807 e. The van der Waals surface area contributed by atoms with Gasteiger partial charge in [-0.3, -0.25) is 0 Å². The fourth-order valence-electron chi connectivity index (χ4n) is 3.58. The summed E-state index contributed by atoms with van der Waals surface area (Å²) in [5.41, 5.74) is 1.51. The Morgan fingerprint density at radius 2 is 1.95 bits per heavy atom. The molecule has 2 rings (SSSR count). The molecular formula is C19H30. The molecule has 0 saturated heterocycles. The maximum absolute atomic E-state index is 2.47. The summed E-state index contributed by atoms with van der Waals surface area (Å²) in [6, 6.07) is 0. The molecule has 0 heterocycles. The molecule has 1 fully saturated rings. The maximum atomic E-state index is 2.47. The van der Waals surface area contributed by atoms with Gasteiger partial charge in [0.2, 0.25) is 0 Å². The van der Waals surface area contributed by atoms with Crippen molar-refractivity contribution < 1.29 is 0 Å². The van der Waals surface area contributed by atoms with Crippen molar-refractivity contribution in [2.24, 2.45) is 17.8 Å². The van der Waals surface area contributed by atoms with Crippen LogP contribution in [0.2, 0.25) is 0 Å². The molecule has 0 spiro atoms. The normalized spacial score (nSPS) is 30.4. The fraction of sp³-hybridized carbons (Fsp3) is 0.684. The number of allylic oxidation sites excluding steroid dienone is 6. The molecule has 0 heteroatoms. The average molecular weight is 258 g/mol. The van der Waals surface area contributed by atoms with Crippen LogP contribution in [0.4, 0.5) is 0 Å². The van der Waals surface area contributed by atoms with Crippen molar-refractivity contribution in [1.29, 1.82) is 0 Å². The molecule has 0 N–H and O–H groups in total. The molecule has 0 aliphatic heterocycles. The predicted octanol–water partition coefficient (Wildman–Crippen LogP) is 6.06. The lowest BCUT2D eigenvalue weighted by molar-refractivity contribution is 0.330. The standard InChI is InChI=1S/C19H30/c1-16-14-15-19(17(16)2)13-9-5-8-12-18-10-6-3-4-7-11-18/h3,6-7,10-11,16-17,19H,4-5,8-9,12-15H2,1-2H3. The SMILES string of the molecule is CC1CCC(CCCCCC2=CC=CCC=C2)C1C. The van der Waals surface area contributed by atoms with Gasteiger partial charge in [0.15, 0.2) is 0 Å². The first-order valence-electron chi connectivity index (χ1n) is 8.29. The van der Waals surface area contributed by atoms with E-state index in [9.17, 15) is 0 Å². The molecule has 3 unspecified atom stereocenters. The van der Waals surface area contributed by atoms with Crippen LogP contribution in [0.1, 0.15) is 65.2 Å². The molecule has 19 heavy (non-hydrogen) atoms. The third-order valence-corrected chi connectivity index (χ3v) is 5.22. The van der Waals surface area contributed by atoms with Crippen LogP contribution >= 0.6 is 0 Å². The van der Waals surface area contributed by atoms with E-state index in [1.165, 1.54) is 50.5 Å². The molecule has 106 valence electrons. The summed E-state index contributed by atoms with van der Waals surface area (Å²) < 4.78 is 0. The molecule has 0 bridgehead atoms. The number of hydrogen-bond donors (Lipinski definition) is 0. The van der Waals surface area contributed by atoms with Crippen LogP contribution in [0.3, 0.4) is 0 Å². The second kappa shape index (κ2) is 7.72. The zero-order valence-corrected chi connectivity index (χ0v) is 12.8. The van der Waals surface area contributed by atoms with Gasteiger partial charge in [-0.15, -0.1) is 0 Å². The van der Waals surface area contributed by atoms with Gasteiger partial charge >= 0.3 is 0 Å². The summed E-state index contributed by atoms with van der Waals surface area (Å²) in [6.07, 6.45) is 22.3. The van der Waals surface area contributed by atoms with E-state index in [1.54, 1.807) is 0 Å². The average Bonchev–Trinajstić information content (AvgIpc) is 2.62. The topological polar surface area (TPSA) is 0 Å². The molecule has 0 radical (unpaired) electrons. The van der Waals surface area contributed by atoms with Gasteiger partial charge in [-0.2, -0.15) is 0 Å². The van der Waals surface area contributed by atoms with Crippen LogP contribution in [0.25, 0.3) is 0 Å². The molecule has 2 aliphatic rings. The third kappa shape index (κ3) is 4.67. The lowest BCUT2D eigenvalue weighted by Gasteiger charge is -2.17. The largest absolute Gasteiger partial charge is 0.0807 e. The molecule has 0 nitrogen and oxygen atoms in total. The minimum atomic E-state index is 0.970. The van der Waals surface area contributed by atoms with E-state index in [0.717, 1.165) is 24.2 Å². The Morgan fingerprint density at radius 3 is 2.74 bits per heavy atom. The molecular weight excluding hydrogens is 228 g/mol. The van der Waals surface area contributed by atoms with Gasteiger partial charge in [0.05, 0.1) is 0 Å². The number of unbranched alkanes of at least 4 members (excludes halogenated alkanes) is 2. The molecule has 3 atom stereocenters. The smallest absolute Gasteiger partial charge is 0.0163 e. The van der Waals surface area contributed by atoms with Gasteiger partial charge in [0, 0.05) is 0 Å². The highest BCUT2D eigenvalue weighted by Crippen LogP contribution is 2.39. The van der Waals surface area contributed by atoms with E-state index < -0.39 is 0 Å². The van der Waals surface area contributed by atoms with Crippen molar-refractivity contribution in [3.8, 4) is 0 Å². The van der Waals surface area contributed by atoms with E-state index in [0.29, 0.717) is 0 Å². The molecule has 1 saturated carbocycles. The van der Waals surface area contributed by atoms with E-state index in [-0.39, 0.29) is 0 Å². The Balaban J connectivity index is 1.57. The van der Waals surface area contributed by atoms with E-state index in [2.05, 4.69) is 44.2 Å². The third-order valence-electron chi connectivity index (χ3n) is 5.22. The highest BCUT2D eigenvalue weighted by Gasteiger charge is 2.28. The summed E-state index contributed by atoms with van der Waals surface area (Å²) in [5.74, 6) is 2.96. The lowest BCUT2D eigenvalue weighted by atomic mass is 9.88. The van der Waals surface area contributed by atoms with E-state index in [4.69, 9.17) is 0 Å². The van der Waals surface area contributed by atoms with E-state index in [1.807, 2.05) is 0 Å². The van der Waals surface area contributed by atoms with Crippen LogP contribution in [0.5, 0.6) is 0 Å². The Labute approximate surface area is 119 Å². The minimum absolute atomic E-state index is 0.970. The summed E-state index contributed by atoms with van der Waals surface area (Å²) in [7, 11) is 0. The molecule has 0 aromatic carbocycles. The number of hydrogen-bond acceptors (Lipinski definition) is 0.